The molecule has 0 bridgehead atoms. The van der Waals surface area contributed by atoms with Crippen molar-refractivity contribution >= 4 is 5.97 Å². The SMILES string of the molecule is CCCCC/C=C\CCCCOc1ccc(C(=O)Oc2ccc(OCCC[C@@H](C)CC)cc2)cc1. The largest absolute Gasteiger partial charge is 0.494 e. The monoisotopic (exact) mass is 480 g/mol. The van der Waals surface area contributed by atoms with Gasteiger partial charge in [-0.25, -0.2) is 4.79 Å². The normalized spacial score (nSPS) is 12.0. The second-order valence-corrected chi connectivity index (χ2v) is 9.20. The summed E-state index contributed by atoms with van der Waals surface area (Å²) in [5, 5.41) is 0. The lowest BCUT2D eigenvalue weighted by Crippen LogP contribution is -2.08. The Morgan fingerprint density at radius 1 is 0.743 bits per heavy atom. The lowest BCUT2D eigenvalue weighted by atomic mass is 10.0. The average Bonchev–Trinajstić information content (AvgIpc) is 2.88. The molecule has 192 valence electrons. The van der Waals surface area contributed by atoms with E-state index in [0.717, 1.165) is 43.1 Å². The molecule has 4 heteroatoms. The van der Waals surface area contributed by atoms with Crippen molar-refractivity contribution in [3.05, 3.63) is 66.2 Å². The minimum atomic E-state index is -0.385. The van der Waals surface area contributed by atoms with Gasteiger partial charge in [-0.2, -0.15) is 0 Å². The van der Waals surface area contributed by atoms with E-state index in [1.54, 1.807) is 24.3 Å². The van der Waals surface area contributed by atoms with Gasteiger partial charge in [0.2, 0.25) is 0 Å². The lowest BCUT2D eigenvalue weighted by Gasteiger charge is -2.10. The molecule has 0 N–H and O–H groups in total. The third-order valence-corrected chi connectivity index (χ3v) is 6.11. The summed E-state index contributed by atoms with van der Waals surface area (Å²) in [6.45, 7) is 8.09. The van der Waals surface area contributed by atoms with E-state index < -0.39 is 0 Å². The van der Waals surface area contributed by atoms with Crippen LogP contribution in [0.2, 0.25) is 0 Å². The molecule has 0 aliphatic heterocycles. The molecule has 0 aliphatic rings. The molecule has 4 nitrogen and oxygen atoms in total. The highest BCUT2D eigenvalue weighted by Gasteiger charge is 2.09. The summed E-state index contributed by atoms with van der Waals surface area (Å²) in [6.07, 6.45) is 16.3. The zero-order valence-corrected chi connectivity index (χ0v) is 22.0. The molecule has 0 saturated heterocycles. The van der Waals surface area contributed by atoms with Crippen molar-refractivity contribution in [3.8, 4) is 17.2 Å². The van der Waals surface area contributed by atoms with Gasteiger partial charge in [-0.3, -0.25) is 0 Å². The van der Waals surface area contributed by atoms with Gasteiger partial charge in [0, 0.05) is 0 Å². The number of allylic oxidation sites excluding steroid dienone is 2. The van der Waals surface area contributed by atoms with Crippen LogP contribution in [0.4, 0.5) is 0 Å². The maximum atomic E-state index is 12.5. The highest BCUT2D eigenvalue weighted by atomic mass is 16.5. The topological polar surface area (TPSA) is 44.8 Å². The number of rotatable bonds is 18. The summed E-state index contributed by atoms with van der Waals surface area (Å²) in [4.78, 5) is 12.5. The fraction of sp³-hybridized carbons (Fsp3) is 0.516. The summed E-state index contributed by atoms with van der Waals surface area (Å²) >= 11 is 0. The van der Waals surface area contributed by atoms with Crippen molar-refractivity contribution in [2.45, 2.75) is 85.0 Å². The number of esters is 1. The van der Waals surface area contributed by atoms with Crippen LogP contribution in [0.3, 0.4) is 0 Å². The molecule has 2 rings (SSSR count). The van der Waals surface area contributed by atoms with Crippen molar-refractivity contribution < 1.29 is 19.0 Å². The second kappa shape index (κ2) is 17.7. The van der Waals surface area contributed by atoms with Gasteiger partial charge in [-0.1, -0.05) is 52.2 Å². The molecule has 0 unspecified atom stereocenters. The van der Waals surface area contributed by atoms with Crippen LogP contribution < -0.4 is 14.2 Å². The van der Waals surface area contributed by atoms with Crippen molar-refractivity contribution in [3.63, 3.8) is 0 Å². The molecule has 0 saturated carbocycles. The van der Waals surface area contributed by atoms with Gasteiger partial charge in [-0.05, 0) is 99.4 Å². The van der Waals surface area contributed by atoms with Crippen molar-refractivity contribution in [1.82, 2.24) is 0 Å². The van der Waals surface area contributed by atoms with Gasteiger partial charge >= 0.3 is 5.97 Å². The maximum absolute atomic E-state index is 12.5. The van der Waals surface area contributed by atoms with Crippen LogP contribution in [-0.4, -0.2) is 19.2 Å². The van der Waals surface area contributed by atoms with Gasteiger partial charge < -0.3 is 14.2 Å². The maximum Gasteiger partial charge on any atom is 0.343 e. The molecular formula is C31H44O4. The summed E-state index contributed by atoms with van der Waals surface area (Å²) < 4.78 is 17.1. The van der Waals surface area contributed by atoms with Gasteiger partial charge in [0.05, 0.1) is 18.8 Å². The van der Waals surface area contributed by atoms with E-state index >= 15 is 0 Å². The first-order valence-corrected chi connectivity index (χ1v) is 13.4. The van der Waals surface area contributed by atoms with Crippen LogP contribution in [0.15, 0.2) is 60.7 Å². The Bertz CT molecular complexity index is 839. The number of hydrogen-bond acceptors (Lipinski definition) is 4. The van der Waals surface area contributed by atoms with Crippen LogP contribution in [0, 0.1) is 5.92 Å². The van der Waals surface area contributed by atoms with Crippen molar-refractivity contribution in [2.75, 3.05) is 13.2 Å². The molecule has 0 heterocycles. The van der Waals surface area contributed by atoms with E-state index in [9.17, 15) is 4.79 Å². The van der Waals surface area contributed by atoms with Crippen molar-refractivity contribution in [1.29, 1.82) is 0 Å². The molecule has 35 heavy (non-hydrogen) atoms. The lowest BCUT2D eigenvalue weighted by molar-refractivity contribution is 0.0734. The Morgan fingerprint density at radius 2 is 1.29 bits per heavy atom. The zero-order chi connectivity index (χ0) is 25.1. The summed E-state index contributed by atoms with van der Waals surface area (Å²) in [5.74, 6) is 2.41. The molecular weight excluding hydrogens is 436 g/mol. The smallest absolute Gasteiger partial charge is 0.343 e. The predicted molar refractivity (Wildman–Crippen MR) is 145 cm³/mol. The first-order valence-electron chi connectivity index (χ1n) is 13.4. The van der Waals surface area contributed by atoms with Gasteiger partial charge in [0.25, 0.3) is 0 Å². The van der Waals surface area contributed by atoms with Gasteiger partial charge in [0.15, 0.2) is 0 Å². The summed E-state index contributed by atoms with van der Waals surface area (Å²) in [6, 6.07) is 14.3. The molecule has 0 aromatic heterocycles. The van der Waals surface area contributed by atoms with E-state index in [0.29, 0.717) is 24.5 Å². The van der Waals surface area contributed by atoms with Crippen LogP contribution >= 0.6 is 0 Å². The van der Waals surface area contributed by atoms with E-state index in [2.05, 4.69) is 32.9 Å². The number of unbranched alkanes of at least 4 members (excludes halogenated alkanes) is 5. The molecule has 0 radical (unpaired) electrons. The molecule has 2 aromatic rings. The Kier molecular flexibility index (Phi) is 14.4. The zero-order valence-electron chi connectivity index (χ0n) is 22.0. The van der Waals surface area contributed by atoms with Crippen LogP contribution in [0.25, 0.3) is 0 Å². The minimum Gasteiger partial charge on any atom is -0.494 e. The highest BCUT2D eigenvalue weighted by molar-refractivity contribution is 5.91. The summed E-state index contributed by atoms with van der Waals surface area (Å²) in [5.41, 5.74) is 0.496. The van der Waals surface area contributed by atoms with E-state index in [1.807, 2.05) is 24.3 Å². The van der Waals surface area contributed by atoms with Crippen LogP contribution in [0.5, 0.6) is 17.2 Å². The number of hydrogen-bond donors (Lipinski definition) is 0. The van der Waals surface area contributed by atoms with Crippen LogP contribution in [-0.2, 0) is 0 Å². The van der Waals surface area contributed by atoms with Gasteiger partial charge in [-0.15, -0.1) is 0 Å². The van der Waals surface area contributed by atoms with E-state index in [-0.39, 0.29) is 5.97 Å². The van der Waals surface area contributed by atoms with Gasteiger partial charge in [0.1, 0.15) is 17.2 Å². The molecule has 1 atom stereocenters. The van der Waals surface area contributed by atoms with Crippen LogP contribution in [0.1, 0.15) is 95.3 Å². The number of carbonyl (C=O) groups excluding carboxylic acids is 1. The molecule has 2 aromatic carbocycles. The third-order valence-electron chi connectivity index (χ3n) is 6.11. The van der Waals surface area contributed by atoms with E-state index in [4.69, 9.17) is 14.2 Å². The molecule has 0 fully saturated rings. The quantitative estimate of drug-likeness (QED) is 0.0925. The third kappa shape index (κ3) is 12.5. The molecule has 0 amide bonds. The molecule has 0 aliphatic carbocycles. The standard InChI is InChI=1S/C31H44O4/c1-4-6-7-8-9-10-11-12-13-24-33-28-18-16-27(17-19-28)31(32)35-30-22-20-29(21-23-30)34-25-14-15-26(3)5-2/h9-10,16-23,26H,4-8,11-15,24-25H2,1-3H3/b10-9-/t26-/m0/s1. The Labute approximate surface area is 212 Å². The fourth-order valence-electron chi connectivity index (χ4n) is 3.59. The van der Waals surface area contributed by atoms with Crippen molar-refractivity contribution in [2.24, 2.45) is 5.92 Å². The second-order valence-electron chi connectivity index (χ2n) is 9.20. The Morgan fingerprint density at radius 3 is 1.89 bits per heavy atom. The summed E-state index contributed by atoms with van der Waals surface area (Å²) in [7, 11) is 0. The Balaban J connectivity index is 1.64. The molecule has 0 spiro atoms. The average molecular weight is 481 g/mol. The number of ether oxygens (including phenoxy) is 3. The highest BCUT2D eigenvalue weighted by Crippen LogP contribution is 2.20. The first-order chi connectivity index (χ1) is 17.1. The Hall–Kier alpha value is -2.75. The fourth-order valence-corrected chi connectivity index (χ4v) is 3.59. The predicted octanol–water partition coefficient (Wildman–Crippen LogP) is 8.80. The minimum absolute atomic E-state index is 0.385. The number of benzene rings is 2. The number of carbonyl (C=O) groups is 1. The first kappa shape index (κ1) is 28.5. The van der Waals surface area contributed by atoms with E-state index in [1.165, 1.54) is 38.5 Å².